The van der Waals surface area contributed by atoms with Gasteiger partial charge >= 0.3 is 0 Å². The van der Waals surface area contributed by atoms with E-state index in [1.807, 2.05) is 12.3 Å². The summed E-state index contributed by atoms with van der Waals surface area (Å²) in [6.45, 7) is 3.95. The number of hydrogen-bond donors (Lipinski definition) is 2. The van der Waals surface area contributed by atoms with Gasteiger partial charge in [-0.05, 0) is 32.2 Å². The van der Waals surface area contributed by atoms with E-state index in [1.54, 1.807) is 37.9 Å². The molecule has 0 aromatic carbocycles. The first-order chi connectivity index (χ1) is 9.52. The summed E-state index contributed by atoms with van der Waals surface area (Å²) in [5, 5.41) is 17.1. The maximum Gasteiger partial charge on any atom is 0.261 e. The number of thioether (sulfide) groups is 1. The van der Waals surface area contributed by atoms with Crippen LogP contribution < -0.4 is 5.32 Å². The van der Waals surface area contributed by atoms with Crippen molar-refractivity contribution in [1.82, 2.24) is 15.1 Å². The Bertz CT molecular complexity index is 571. The van der Waals surface area contributed by atoms with Gasteiger partial charge in [-0.1, -0.05) is 5.16 Å². The van der Waals surface area contributed by atoms with Gasteiger partial charge in [0, 0.05) is 18.5 Å². The second-order valence-electron chi connectivity index (χ2n) is 4.83. The number of nitrogens with one attached hydrogen (secondary N) is 1. The van der Waals surface area contributed by atoms with Crippen molar-refractivity contribution in [3.8, 4) is 11.5 Å². The van der Waals surface area contributed by atoms with E-state index in [0.29, 0.717) is 29.8 Å². The number of anilines is 1. The third-order valence-electron chi connectivity index (χ3n) is 2.66. The number of pyridine rings is 1. The second kappa shape index (κ2) is 6.23. The Morgan fingerprint density at radius 1 is 1.50 bits per heavy atom. The molecule has 2 heterocycles. The third kappa shape index (κ3) is 3.71. The zero-order chi connectivity index (χ0) is 14.6. The highest BCUT2D eigenvalue weighted by Gasteiger charge is 2.21. The monoisotopic (exact) mass is 294 g/mol. The number of aliphatic hydroxyl groups is 1. The van der Waals surface area contributed by atoms with Crippen molar-refractivity contribution in [3.63, 3.8) is 0 Å². The summed E-state index contributed by atoms with van der Waals surface area (Å²) < 4.78 is 5.16. The van der Waals surface area contributed by atoms with Crippen molar-refractivity contribution in [2.24, 2.45) is 0 Å². The van der Waals surface area contributed by atoms with Gasteiger partial charge in [-0.2, -0.15) is 16.7 Å². The van der Waals surface area contributed by atoms with Crippen LogP contribution in [0.1, 0.15) is 12.7 Å². The molecule has 0 spiro atoms. The maximum atomic E-state index is 10.2. The molecule has 0 aliphatic heterocycles. The first-order valence-corrected chi connectivity index (χ1v) is 7.62. The first kappa shape index (κ1) is 14.8. The fourth-order valence-corrected chi connectivity index (χ4v) is 2.49. The average molecular weight is 294 g/mol. The lowest BCUT2D eigenvalue weighted by Gasteiger charge is -2.23. The van der Waals surface area contributed by atoms with E-state index in [1.165, 1.54) is 0 Å². The van der Waals surface area contributed by atoms with Crippen LogP contribution in [0.3, 0.4) is 0 Å². The molecule has 0 unspecified atom stereocenters. The molecule has 1 atom stereocenters. The molecule has 0 saturated carbocycles. The molecule has 2 aromatic heterocycles. The zero-order valence-electron chi connectivity index (χ0n) is 11.8. The summed E-state index contributed by atoms with van der Waals surface area (Å²) in [4.78, 5) is 8.47. The Kier molecular flexibility index (Phi) is 4.61. The van der Waals surface area contributed by atoms with Gasteiger partial charge in [0.05, 0.1) is 11.2 Å². The maximum absolute atomic E-state index is 10.2. The SMILES string of the molecule is CSC[C@@](C)(O)CNc1ncccc1-c1nc(C)no1. The van der Waals surface area contributed by atoms with E-state index >= 15 is 0 Å². The minimum Gasteiger partial charge on any atom is -0.387 e. The summed E-state index contributed by atoms with van der Waals surface area (Å²) >= 11 is 1.60. The molecule has 108 valence electrons. The van der Waals surface area contributed by atoms with Gasteiger partial charge in [0.1, 0.15) is 5.82 Å². The molecule has 6 nitrogen and oxygen atoms in total. The van der Waals surface area contributed by atoms with Gasteiger partial charge < -0.3 is 14.9 Å². The van der Waals surface area contributed by atoms with Gasteiger partial charge in [-0.3, -0.25) is 0 Å². The highest BCUT2D eigenvalue weighted by Crippen LogP contribution is 2.24. The van der Waals surface area contributed by atoms with Crippen LogP contribution in [0.2, 0.25) is 0 Å². The molecule has 0 fully saturated rings. The van der Waals surface area contributed by atoms with E-state index in [2.05, 4.69) is 20.4 Å². The Hall–Kier alpha value is -1.60. The van der Waals surface area contributed by atoms with Gasteiger partial charge in [-0.25, -0.2) is 4.98 Å². The van der Waals surface area contributed by atoms with Crippen molar-refractivity contribution in [3.05, 3.63) is 24.2 Å². The summed E-state index contributed by atoms with van der Waals surface area (Å²) in [5.41, 5.74) is -0.0769. The predicted molar refractivity (Wildman–Crippen MR) is 79.8 cm³/mol. The van der Waals surface area contributed by atoms with Crippen molar-refractivity contribution in [2.45, 2.75) is 19.4 Å². The predicted octanol–water partition coefficient (Wildman–Crippen LogP) is 1.97. The van der Waals surface area contributed by atoms with E-state index < -0.39 is 5.60 Å². The Morgan fingerprint density at radius 3 is 2.95 bits per heavy atom. The van der Waals surface area contributed by atoms with Crippen LogP contribution >= 0.6 is 11.8 Å². The summed E-state index contributed by atoms with van der Waals surface area (Å²) in [5.74, 6) is 2.26. The van der Waals surface area contributed by atoms with Gasteiger partial charge in [0.15, 0.2) is 5.82 Å². The lowest BCUT2D eigenvalue weighted by Crippen LogP contribution is -2.36. The van der Waals surface area contributed by atoms with Gasteiger partial charge in [0.25, 0.3) is 5.89 Å². The van der Waals surface area contributed by atoms with Crippen LogP contribution in [-0.2, 0) is 0 Å². The molecule has 7 heteroatoms. The molecule has 2 aromatic rings. The van der Waals surface area contributed by atoms with E-state index in [4.69, 9.17) is 4.52 Å². The number of rotatable bonds is 6. The van der Waals surface area contributed by atoms with Crippen LogP contribution in [0, 0.1) is 6.92 Å². The lowest BCUT2D eigenvalue weighted by atomic mass is 10.1. The van der Waals surface area contributed by atoms with E-state index in [9.17, 15) is 5.11 Å². The van der Waals surface area contributed by atoms with E-state index in [-0.39, 0.29) is 0 Å². The molecule has 0 aliphatic carbocycles. The minimum atomic E-state index is -0.807. The van der Waals surface area contributed by atoms with Crippen LogP contribution in [0.15, 0.2) is 22.9 Å². The summed E-state index contributed by atoms with van der Waals surface area (Å²) in [6.07, 6.45) is 3.64. The normalized spacial score (nSPS) is 14.0. The zero-order valence-corrected chi connectivity index (χ0v) is 12.6. The van der Waals surface area contributed by atoms with Crippen LogP contribution in [0.25, 0.3) is 11.5 Å². The average Bonchev–Trinajstić information content (AvgIpc) is 2.83. The topological polar surface area (TPSA) is 84.1 Å². The molecule has 2 rings (SSSR count). The Morgan fingerprint density at radius 2 is 2.30 bits per heavy atom. The van der Waals surface area contributed by atoms with E-state index in [0.717, 1.165) is 5.56 Å². The van der Waals surface area contributed by atoms with Crippen LogP contribution in [-0.4, -0.2) is 44.4 Å². The first-order valence-electron chi connectivity index (χ1n) is 6.23. The Labute approximate surface area is 122 Å². The Balaban J connectivity index is 2.17. The molecule has 0 bridgehead atoms. The molecule has 20 heavy (non-hydrogen) atoms. The largest absolute Gasteiger partial charge is 0.387 e. The molecule has 0 saturated heterocycles. The second-order valence-corrected chi connectivity index (χ2v) is 5.70. The number of aromatic nitrogens is 3. The van der Waals surface area contributed by atoms with Gasteiger partial charge in [-0.15, -0.1) is 0 Å². The van der Waals surface area contributed by atoms with Crippen molar-refractivity contribution in [2.75, 3.05) is 23.9 Å². The fraction of sp³-hybridized carbons (Fsp3) is 0.462. The molecular formula is C13H18N4O2S. The smallest absolute Gasteiger partial charge is 0.261 e. The number of nitrogens with zero attached hydrogens (tertiary/aromatic N) is 3. The third-order valence-corrected chi connectivity index (χ3v) is 3.57. The number of hydrogen-bond acceptors (Lipinski definition) is 7. The lowest BCUT2D eigenvalue weighted by molar-refractivity contribution is 0.0996. The van der Waals surface area contributed by atoms with Gasteiger partial charge in [0.2, 0.25) is 0 Å². The molecule has 0 radical (unpaired) electrons. The van der Waals surface area contributed by atoms with Crippen LogP contribution in [0.4, 0.5) is 5.82 Å². The van der Waals surface area contributed by atoms with Crippen LogP contribution in [0.5, 0.6) is 0 Å². The van der Waals surface area contributed by atoms with Crippen molar-refractivity contribution >= 4 is 17.6 Å². The van der Waals surface area contributed by atoms with Crippen molar-refractivity contribution in [1.29, 1.82) is 0 Å². The number of aryl methyl sites for hydroxylation is 1. The molecular weight excluding hydrogens is 276 g/mol. The fourth-order valence-electron chi connectivity index (χ4n) is 1.76. The molecule has 0 aliphatic rings. The molecule has 0 amide bonds. The quantitative estimate of drug-likeness (QED) is 0.842. The molecule has 2 N–H and O–H groups in total. The highest BCUT2D eigenvalue weighted by atomic mass is 32.2. The standard InChI is InChI=1S/C13H18N4O2S/c1-9-16-12(19-17-9)10-5-4-6-14-11(10)15-7-13(2,18)8-20-3/h4-6,18H,7-8H2,1-3H3,(H,14,15)/t13-/m0/s1. The highest BCUT2D eigenvalue weighted by molar-refractivity contribution is 7.98. The minimum absolute atomic E-state index is 0.394. The summed E-state index contributed by atoms with van der Waals surface area (Å²) in [7, 11) is 0. The van der Waals surface area contributed by atoms with Crippen molar-refractivity contribution < 1.29 is 9.63 Å². The summed E-state index contributed by atoms with van der Waals surface area (Å²) in [6, 6.07) is 3.66.